The topological polar surface area (TPSA) is 71.4 Å². The van der Waals surface area contributed by atoms with Gasteiger partial charge in [-0.15, -0.1) is 0 Å². The van der Waals surface area contributed by atoms with E-state index in [0.717, 1.165) is 36.9 Å². The normalized spacial score (nSPS) is 16.7. The molecule has 0 radical (unpaired) electrons. The fourth-order valence-corrected chi connectivity index (χ4v) is 3.83. The molecule has 0 spiro atoms. The first-order chi connectivity index (χ1) is 13.0. The highest BCUT2D eigenvalue weighted by Gasteiger charge is 2.26. The Bertz CT molecular complexity index is 821. The van der Waals surface area contributed by atoms with Gasteiger partial charge in [0.05, 0.1) is 21.3 Å². The molecule has 0 saturated carbocycles. The lowest BCUT2D eigenvalue weighted by Crippen LogP contribution is -2.32. The number of hydrogen-bond acceptors (Lipinski definition) is 6. The summed E-state index contributed by atoms with van der Waals surface area (Å²) in [7, 11) is 6.73. The minimum Gasteiger partial charge on any atom is -0.504 e. The number of rotatable bonds is 6. The van der Waals surface area contributed by atoms with Crippen LogP contribution in [0.5, 0.6) is 28.7 Å². The van der Waals surface area contributed by atoms with Crippen LogP contribution in [0.4, 0.5) is 0 Å². The monoisotopic (exact) mass is 373 g/mol. The predicted octanol–water partition coefficient (Wildman–Crippen LogP) is 3.29. The van der Waals surface area contributed by atoms with Gasteiger partial charge in [-0.3, -0.25) is 4.90 Å². The van der Waals surface area contributed by atoms with Crippen molar-refractivity contribution in [1.82, 2.24) is 4.90 Å². The molecule has 6 heteroatoms. The van der Waals surface area contributed by atoms with Gasteiger partial charge in [-0.05, 0) is 67.3 Å². The van der Waals surface area contributed by atoms with Crippen LogP contribution in [0.1, 0.15) is 29.2 Å². The Balaban J connectivity index is 1.85. The van der Waals surface area contributed by atoms with Crippen molar-refractivity contribution >= 4 is 0 Å². The number of aromatic hydroxyl groups is 2. The molecule has 146 valence electrons. The highest BCUT2D eigenvalue weighted by Crippen LogP contribution is 2.41. The lowest BCUT2D eigenvalue weighted by Gasteiger charge is -2.35. The Labute approximate surface area is 159 Å². The number of hydrogen-bond donors (Lipinski definition) is 2. The van der Waals surface area contributed by atoms with Gasteiger partial charge in [0.2, 0.25) is 5.75 Å². The first-order valence-corrected chi connectivity index (χ1v) is 9.02. The summed E-state index contributed by atoms with van der Waals surface area (Å²) in [5.74, 6) is 1.62. The van der Waals surface area contributed by atoms with Gasteiger partial charge in [0.1, 0.15) is 0 Å². The van der Waals surface area contributed by atoms with Crippen LogP contribution in [-0.4, -0.2) is 50.0 Å². The van der Waals surface area contributed by atoms with E-state index in [2.05, 4.69) is 11.9 Å². The van der Waals surface area contributed by atoms with Crippen molar-refractivity contribution in [3.63, 3.8) is 0 Å². The molecule has 27 heavy (non-hydrogen) atoms. The summed E-state index contributed by atoms with van der Waals surface area (Å²) in [5, 5.41) is 20.4. The summed E-state index contributed by atoms with van der Waals surface area (Å²) in [6, 6.07) is 7.55. The predicted molar refractivity (Wildman–Crippen MR) is 103 cm³/mol. The van der Waals surface area contributed by atoms with Gasteiger partial charge >= 0.3 is 0 Å². The smallest absolute Gasteiger partial charge is 0.203 e. The molecular weight excluding hydrogens is 346 g/mol. The van der Waals surface area contributed by atoms with Crippen LogP contribution in [0, 0.1) is 0 Å². The SMILES string of the molecule is COc1cc2c(cc1O)[C@@H](CCc1cc(O)c(OC)c(OC)c1)N(C)CC2. The van der Waals surface area contributed by atoms with E-state index in [0.29, 0.717) is 17.2 Å². The third-order valence-corrected chi connectivity index (χ3v) is 5.29. The molecule has 0 aromatic heterocycles. The van der Waals surface area contributed by atoms with Crippen molar-refractivity contribution in [3.8, 4) is 28.7 Å². The fraction of sp³-hybridized carbons (Fsp3) is 0.429. The number of phenols is 2. The van der Waals surface area contributed by atoms with Crippen LogP contribution in [0.15, 0.2) is 24.3 Å². The fourth-order valence-electron chi connectivity index (χ4n) is 3.83. The number of methoxy groups -OCH3 is 3. The van der Waals surface area contributed by atoms with E-state index in [4.69, 9.17) is 14.2 Å². The maximum atomic E-state index is 10.2. The van der Waals surface area contributed by atoms with Crippen LogP contribution >= 0.6 is 0 Å². The average molecular weight is 373 g/mol. The standard InChI is InChI=1S/C21H27NO5/c1-22-8-7-14-11-19(25-2)17(23)12-15(14)16(22)6-5-13-9-18(24)21(27-4)20(10-13)26-3/h9-12,16,23-24H,5-8H2,1-4H3/t16-/m1/s1. The van der Waals surface area contributed by atoms with Crippen molar-refractivity contribution in [1.29, 1.82) is 0 Å². The van der Waals surface area contributed by atoms with Crippen molar-refractivity contribution in [2.24, 2.45) is 0 Å². The summed E-state index contributed by atoms with van der Waals surface area (Å²) in [5.41, 5.74) is 3.32. The number of ether oxygens (including phenoxy) is 3. The minimum absolute atomic E-state index is 0.0756. The highest BCUT2D eigenvalue weighted by molar-refractivity contribution is 5.53. The molecular formula is C21H27NO5. The van der Waals surface area contributed by atoms with Gasteiger partial charge in [-0.2, -0.15) is 0 Å². The molecule has 0 bridgehead atoms. The second-order valence-corrected chi connectivity index (χ2v) is 6.86. The third kappa shape index (κ3) is 3.76. The van der Waals surface area contributed by atoms with E-state index in [1.807, 2.05) is 18.2 Å². The Morgan fingerprint density at radius 3 is 2.37 bits per heavy atom. The Morgan fingerprint density at radius 2 is 1.70 bits per heavy atom. The molecule has 0 amide bonds. The number of benzene rings is 2. The van der Waals surface area contributed by atoms with E-state index < -0.39 is 0 Å². The number of nitrogens with zero attached hydrogens (tertiary/aromatic N) is 1. The van der Waals surface area contributed by atoms with Crippen LogP contribution < -0.4 is 14.2 Å². The quantitative estimate of drug-likeness (QED) is 0.810. The second-order valence-electron chi connectivity index (χ2n) is 6.86. The van der Waals surface area contributed by atoms with Crippen LogP contribution in [0.25, 0.3) is 0 Å². The lowest BCUT2D eigenvalue weighted by molar-refractivity contribution is 0.218. The van der Waals surface area contributed by atoms with Crippen molar-refractivity contribution in [3.05, 3.63) is 41.0 Å². The average Bonchev–Trinajstić information content (AvgIpc) is 2.66. The van der Waals surface area contributed by atoms with Gasteiger partial charge < -0.3 is 24.4 Å². The van der Waals surface area contributed by atoms with Crippen LogP contribution in [-0.2, 0) is 12.8 Å². The summed E-state index contributed by atoms with van der Waals surface area (Å²) < 4.78 is 15.8. The van der Waals surface area contributed by atoms with Gasteiger partial charge in [-0.1, -0.05) is 0 Å². The van der Waals surface area contributed by atoms with Gasteiger partial charge in [-0.25, -0.2) is 0 Å². The summed E-state index contributed by atoms with van der Waals surface area (Å²) >= 11 is 0. The first-order valence-electron chi connectivity index (χ1n) is 9.02. The zero-order valence-corrected chi connectivity index (χ0v) is 16.3. The third-order valence-electron chi connectivity index (χ3n) is 5.29. The Kier molecular flexibility index (Phi) is 5.65. The van der Waals surface area contributed by atoms with Crippen molar-refractivity contribution in [2.75, 3.05) is 34.9 Å². The van der Waals surface area contributed by atoms with E-state index in [1.165, 1.54) is 12.7 Å². The van der Waals surface area contributed by atoms with Gasteiger partial charge in [0.25, 0.3) is 0 Å². The molecule has 6 nitrogen and oxygen atoms in total. The van der Waals surface area contributed by atoms with Crippen molar-refractivity contribution in [2.45, 2.75) is 25.3 Å². The molecule has 0 unspecified atom stereocenters. The molecule has 3 rings (SSSR count). The highest BCUT2D eigenvalue weighted by atomic mass is 16.5. The molecule has 1 aliphatic rings. The number of fused-ring (bicyclic) bond motifs is 1. The summed E-state index contributed by atoms with van der Waals surface area (Å²) in [6.45, 7) is 0.947. The summed E-state index contributed by atoms with van der Waals surface area (Å²) in [6.07, 6.45) is 2.54. The molecule has 1 heterocycles. The largest absolute Gasteiger partial charge is 0.504 e. The molecule has 2 N–H and O–H groups in total. The van der Waals surface area contributed by atoms with Crippen LogP contribution in [0.3, 0.4) is 0 Å². The number of likely N-dealkylation sites (N-methyl/N-ethyl adjacent to an activating group) is 1. The lowest BCUT2D eigenvalue weighted by atomic mass is 9.88. The van der Waals surface area contributed by atoms with E-state index >= 15 is 0 Å². The number of aryl methyl sites for hydroxylation is 1. The molecule has 0 aliphatic carbocycles. The molecule has 0 saturated heterocycles. The Hall–Kier alpha value is -2.60. The molecule has 2 aromatic carbocycles. The maximum Gasteiger partial charge on any atom is 0.203 e. The molecule has 2 aromatic rings. The summed E-state index contributed by atoms with van der Waals surface area (Å²) in [4.78, 5) is 2.30. The van der Waals surface area contributed by atoms with Gasteiger partial charge in [0.15, 0.2) is 23.0 Å². The second kappa shape index (κ2) is 7.96. The zero-order chi connectivity index (χ0) is 19.6. The maximum absolute atomic E-state index is 10.2. The molecule has 0 fully saturated rings. The van der Waals surface area contributed by atoms with Crippen molar-refractivity contribution < 1.29 is 24.4 Å². The van der Waals surface area contributed by atoms with E-state index in [9.17, 15) is 10.2 Å². The Morgan fingerprint density at radius 1 is 0.963 bits per heavy atom. The van der Waals surface area contributed by atoms with Gasteiger partial charge in [0, 0.05) is 12.6 Å². The first kappa shape index (κ1) is 19.2. The molecule has 1 aliphatic heterocycles. The minimum atomic E-state index is 0.0756. The van der Waals surface area contributed by atoms with E-state index in [1.54, 1.807) is 20.3 Å². The zero-order valence-electron chi connectivity index (χ0n) is 16.3. The van der Waals surface area contributed by atoms with Crippen LogP contribution in [0.2, 0.25) is 0 Å². The molecule has 1 atom stereocenters. The number of phenolic OH excluding ortho intramolecular Hbond substituents is 2. The van der Waals surface area contributed by atoms with E-state index in [-0.39, 0.29) is 17.5 Å².